The van der Waals surface area contributed by atoms with Gasteiger partial charge in [0.2, 0.25) is 17.6 Å². The van der Waals surface area contributed by atoms with E-state index in [-0.39, 0.29) is 49.3 Å². The first-order valence-electron chi connectivity index (χ1n) is 17.6. The molecule has 4 aromatic rings. The molecule has 6 rings (SSSR count). The maximum Gasteiger partial charge on any atom is 0.287 e. The lowest BCUT2D eigenvalue weighted by molar-refractivity contribution is -0.138. The Bertz CT molecular complexity index is 1930. The minimum atomic E-state index is -1.32. The number of carbonyl (C=O) groups is 5. The van der Waals surface area contributed by atoms with E-state index >= 15 is 0 Å². The molecule has 0 saturated heterocycles. The second kappa shape index (κ2) is 16.0. The number of rotatable bonds is 13. The molecule has 5 unspecified atom stereocenters. The van der Waals surface area contributed by atoms with Gasteiger partial charge in [0, 0.05) is 30.6 Å². The summed E-state index contributed by atoms with van der Waals surface area (Å²) in [4.78, 5) is 78.8. The normalized spacial score (nSPS) is 20.2. The highest BCUT2D eigenvalue weighted by Crippen LogP contribution is 2.42. The van der Waals surface area contributed by atoms with Crippen molar-refractivity contribution in [2.45, 2.75) is 77.0 Å². The lowest BCUT2D eigenvalue weighted by Gasteiger charge is -2.44. The first-order valence-corrected chi connectivity index (χ1v) is 17.6. The van der Waals surface area contributed by atoms with Gasteiger partial charge in [0.25, 0.3) is 17.4 Å². The molecule has 0 aliphatic heterocycles. The van der Waals surface area contributed by atoms with Crippen LogP contribution in [0, 0.1) is 17.8 Å². The summed E-state index contributed by atoms with van der Waals surface area (Å²) < 4.78 is 6.88. The summed E-state index contributed by atoms with van der Waals surface area (Å²) >= 11 is 0. The number of anilines is 1. The molecular formula is C39H43N5O7. The van der Waals surface area contributed by atoms with Gasteiger partial charge in [0.05, 0.1) is 0 Å². The molecule has 2 fully saturated rings. The number of para-hydroxylation sites is 1. The first-order chi connectivity index (χ1) is 24.6. The van der Waals surface area contributed by atoms with E-state index in [4.69, 9.17) is 4.42 Å². The number of Topliss-reactive ketones (excluding diaryl/α,β-unsaturated/α-hetero) is 1. The van der Waals surface area contributed by atoms with Crippen LogP contribution >= 0.6 is 0 Å². The molecule has 4 amide bonds. The summed E-state index contributed by atoms with van der Waals surface area (Å²) in [5.74, 6) is -1.90. The van der Waals surface area contributed by atoms with E-state index in [9.17, 15) is 28.8 Å². The molecule has 2 aliphatic carbocycles. The summed E-state index contributed by atoms with van der Waals surface area (Å²) in [7, 11) is 0. The van der Waals surface area contributed by atoms with Gasteiger partial charge in [0.15, 0.2) is 5.76 Å². The quantitative estimate of drug-likeness (QED) is 0.151. The molecule has 12 heteroatoms. The Morgan fingerprint density at radius 1 is 0.941 bits per heavy atom. The highest BCUT2D eigenvalue weighted by molar-refractivity contribution is 6.36. The van der Waals surface area contributed by atoms with Crippen molar-refractivity contribution in [1.82, 2.24) is 20.5 Å². The third kappa shape index (κ3) is 8.80. The number of furan rings is 1. The Kier molecular flexibility index (Phi) is 11.1. The number of hydrogen-bond acceptors (Lipinski definition) is 7. The van der Waals surface area contributed by atoms with Crippen molar-refractivity contribution in [3.63, 3.8) is 0 Å². The van der Waals surface area contributed by atoms with E-state index in [2.05, 4.69) is 28.2 Å². The Balaban J connectivity index is 1.12. The molecule has 2 aromatic carbocycles. The minimum Gasteiger partial charge on any atom is -0.451 e. The van der Waals surface area contributed by atoms with Gasteiger partial charge in [-0.25, -0.2) is 0 Å². The molecular weight excluding hydrogens is 650 g/mol. The Morgan fingerprint density at radius 3 is 2.53 bits per heavy atom. The van der Waals surface area contributed by atoms with Gasteiger partial charge in [-0.15, -0.1) is 0 Å². The number of nitrogens with zero attached hydrogens (tertiary/aromatic N) is 1. The van der Waals surface area contributed by atoms with E-state index in [0.29, 0.717) is 22.8 Å². The van der Waals surface area contributed by atoms with Gasteiger partial charge in [-0.1, -0.05) is 68.3 Å². The van der Waals surface area contributed by atoms with Crippen LogP contribution in [0.1, 0.15) is 68.0 Å². The van der Waals surface area contributed by atoms with Crippen LogP contribution in [-0.2, 0) is 32.3 Å². The highest BCUT2D eigenvalue weighted by atomic mass is 16.3. The van der Waals surface area contributed by atoms with Crippen molar-refractivity contribution in [1.29, 1.82) is 0 Å². The maximum absolute atomic E-state index is 13.6. The summed E-state index contributed by atoms with van der Waals surface area (Å²) in [5, 5.41) is 11.6. The Labute approximate surface area is 295 Å². The SMILES string of the molecule is CC1CC2CCCC(C2)C1NC(=O)Cn1cccc(NC(=O)C(CCC(=O)C(=O)NCc2ccccc2)NC(=O)c2cc3ccccc3o2)c1=O. The van der Waals surface area contributed by atoms with Crippen LogP contribution in [-0.4, -0.2) is 46.1 Å². The molecule has 2 aliphatic rings. The molecule has 2 saturated carbocycles. The zero-order valence-corrected chi connectivity index (χ0v) is 28.6. The van der Waals surface area contributed by atoms with Crippen molar-refractivity contribution in [3.05, 3.63) is 101 Å². The fraction of sp³-hybridized carbons (Fsp3) is 0.385. The largest absolute Gasteiger partial charge is 0.451 e. The van der Waals surface area contributed by atoms with Crippen molar-refractivity contribution < 1.29 is 28.4 Å². The van der Waals surface area contributed by atoms with E-state index in [1.807, 2.05) is 30.3 Å². The highest BCUT2D eigenvalue weighted by Gasteiger charge is 2.38. The molecule has 4 N–H and O–H groups in total. The van der Waals surface area contributed by atoms with Gasteiger partial charge < -0.3 is 30.3 Å². The average Bonchev–Trinajstić information content (AvgIpc) is 3.57. The lowest BCUT2D eigenvalue weighted by Crippen LogP contribution is -2.50. The number of nitrogens with one attached hydrogen (secondary N) is 4. The van der Waals surface area contributed by atoms with E-state index in [0.717, 1.165) is 30.7 Å². The van der Waals surface area contributed by atoms with Crippen molar-refractivity contribution in [2.75, 3.05) is 5.32 Å². The van der Waals surface area contributed by atoms with Gasteiger partial charge in [0.1, 0.15) is 23.9 Å². The topological polar surface area (TPSA) is 169 Å². The summed E-state index contributed by atoms with van der Waals surface area (Å²) in [6, 6.07) is 19.3. The molecule has 0 spiro atoms. The number of benzene rings is 2. The monoisotopic (exact) mass is 693 g/mol. The van der Waals surface area contributed by atoms with E-state index in [1.165, 1.54) is 35.7 Å². The third-order valence-corrected chi connectivity index (χ3v) is 10.0. The lowest BCUT2D eigenvalue weighted by atomic mass is 9.65. The number of ketones is 1. The minimum absolute atomic E-state index is 0.0509. The van der Waals surface area contributed by atoms with Crippen LogP contribution in [0.3, 0.4) is 0 Å². The molecule has 12 nitrogen and oxygen atoms in total. The predicted molar refractivity (Wildman–Crippen MR) is 190 cm³/mol. The Morgan fingerprint density at radius 2 is 1.73 bits per heavy atom. The van der Waals surface area contributed by atoms with Gasteiger partial charge in [-0.05, 0) is 73.3 Å². The van der Waals surface area contributed by atoms with Gasteiger partial charge in [-0.3, -0.25) is 28.8 Å². The molecule has 51 heavy (non-hydrogen) atoms. The molecule has 2 bridgehead atoms. The van der Waals surface area contributed by atoms with Crippen LogP contribution in [0.2, 0.25) is 0 Å². The number of pyridine rings is 1. The third-order valence-electron chi connectivity index (χ3n) is 10.0. The van der Waals surface area contributed by atoms with Gasteiger partial charge in [-0.2, -0.15) is 0 Å². The molecule has 5 atom stereocenters. The second-order valence-corrected chi connectivity index (χ2v) is 13.7. The van der Waals surface area contributed by atoms with Crippen molar-refractivity contribution in [3.8, 4) is 0 Å². The van der Waals surface area contributed by atoms with Crippen LogP contribution in [0.15, 0.2) is 88.2 Å². The maximum atomic E-state index is 13.6. The first kappa shape index (κ1) is 35.3. The van der Waals surface area contributed by atoms with E-state index in [1.54, 1.807) is 30.3 Å². The summed E-state index contributed by atoms with van der Waals surface area (Å²) in [5.41, 5.74) is 0.579. The zero-order chi connectivity index (χ0) is 35.9. The summed E-state index contributed by atoms with van der Waals surface area (Å²) in [6.45, 7) is 2.10. The number of aromatic nitrogens is 1. The van der Waals surface area contributed by atoms with Crippen LogP contribution in [0.5, 0.6) is 0 Å². The number of carbonyl (C=O) groups excluding carboxylic acids is 5. The number of fused-ring (bicyclic) bond motifs is 3. The fourth-order valence-corrected chi connectivity index (χ4v) is 7.49. The number of hydrogen-bond donors (Lipinski definition) is 4. The number of amides is 4. The fourth-order valence-electron chi connectivity index (χ4n) is 7.49. The van der Waals surface area contributed by atoms with Crippen molar-refractivity contribution in [2.24, 2.45) is 17.8 Å². The predicted octanol–water partition coefficient (Wildman–Crippen LogP) is 4.33. The van der Waals surface area contributed by atoms with Crippen LogP contribution in [0.4, 0.5) is 5.69 Å². The molecule has 2 heterocycles. The standard InChI is InChI=1S/C39H43N5O7/c1-24-19-26-11-7-13-28(20-26)35(24)43-34(46)23-44-18-8-14-30(39(44)50)42-36(47)29(41-38(49)33-21-27-12-5-6-15-32(27)51-33)16-17-31(45)37(48)40-22-25-9-3-2-4-10-25/h2-6,8-10,12,14-15,18,21,24,26,28-29,35H,7,11,13,16-17,19-20,22-23H2,1H3,(H,40,48)(H,41,49)(H,42,47)(H,43,46). The average molecular weight is 694 g/mol. The van der Waals surface area contributed by atoms with Gasteiger partial charge >= 0.3 is 0 Å². The Hall–Kier alpha value is -5.52. The second-order valence-electron chi connectivity index (χ2n) is 13.7. The zero-order valence-electron chi connectivity index (χ0n) is 28.6. The summed E-state index contributed by atoms with van der Waals surface area (Å²) in [6.07, 6.45) is 6.60. The van der Waals surface area contributed by atoms with Crippen LogP contribution in [0.25, 0.3) is 11.0 Å². The molecule has 2 aromatic heterocycles. The van der Waals surface area contributed by atoms with E-state index < -0.39 is 35.1 Å². The molecule has 0 radical (unpaired) electrons. The van der Waals surface area contributed by atoms with Crippen LogP contribution < -0.4 is 26.8 Å². The molecule has 266 valence electrons. The van der Waals surface area contributed by atoms with Crippen molar-refractivity contribution >= 4 is 46.1 Å². The smallest absolute Gasteiger partial charge is 0.287 e.